The molecule has 0 radical (unpaired) electrons. The molecule has 4 atom stereocenters. The molecule has 248 valence electrons. The highest BCUT2D eigenvalue weighted by Crippen LogP contribution is 2.42. The number of rotatable bonds is 11. The Kier molecular flexibility index (Phi) is 10.3. The highest BCUT2D eigenvalue weighted by atomic mass is 32.2. The van der Waals surface area contributed by atoms with Gasteiger partial charge < -0.3 is 24.1 Å². The molecule has 2 heterocycles. The van der Waals surface area contributed by atoms with E-state index in [9.17, 15) is 13.5 Å². The van der Waals surface area contributed by atoms with Crippen LogP contribution >= 0.6 is 0 Å². The van der Waals surface area contributed by atoms with Gasteiger partial charge in [-0.25, -0.2) is 13.1 Å². The molecule has 2 aliphatic heterocycles. The lowest BCUT2D eigenvalue weighted by atomic mass is 9.89. The van der Waals surface area contributed by atoms with E-state index in [0.717, 1.165) is 59.8 Å². The van der Waals surface area contributed by atoms with Crippen LogP contribution in [0.1, 0.15) is 52.7 Å². The summed E-state index contributed by atoms with van der Waals surface area (Å²) in [5.74, 6) is 1.52. The number of fused-ring (bicyclic) bond motifs is 1. The first kappa shape index (κ1) is 33.1. The molecule has 1 saturated heterocycles. The van der Waals surface area contributed by atoms with Crippen LogP contribution < -0.4 is 14.2 Å². The number of nitrogens with zero attached hydrogens (tertiary/aromatic N) is 1. The van der Waals surface area contributed by atoms with Crippen molar-refractivity contribution in [3.8, 4) is 11.5 Å². The van der Waals surface area contributed by atoms with Gasteiger partial charge in [0.25, 0.3) is 0 Å². The summed E-state index contributed by atoms with van der Waals surface area (Å²) in [5.41, 5.74) is 6.05. The van der Waals surface area contributed by atoms with Crippen LogP contribution in [-0.4, -0.2) is 51.8 Å². The van der Waals surface area contributed by atoms with Gasteiger partial charge in [0.05, 0.1) is 37.9 Å². The molecule has 4 unspecified atom stereocenters. The summed E-state index contributed by atoms with van der Waals surface area (Å²) in [6, 6.07) is 28.1. The second-order valence-corrected chi connectivity index (χ2v) is 13.9. The topological polar surface area (TPSA) is 107 Å². The molecule has 1 fully saturated rings. The SMILES string of the molecule is COc1cc2c(cc1OC)CN(CC1OC(c3ccc(CNS(=O)(=O)c4ccccc4)cc3)OC(c3ccc(CO)cc3)C1C)CC2. The number of sulfonamides is 1. The number of nitrogens with one attached hydrogen (secondary N) is 1. The second-order valence-electron chi connectivity index (χ2n) is 12.2. The van der Waals surface area contributed by atoms with E-state index in [1.807, 2.05) is 48.5 Å². The predicted octanol–water partition coefficient (Wildman–Crippen LogP) is 5.52. The minimum absolute atomic E-state index is 0.0172. The number of benzene rings is 4. The summed E-state index contributed by atoms with van der Waals surface area (Å²) in [7, 11) is -0.300. The zero-order valence-electron chi connectivity index (χ0n) is 27.0. The summed E-state index contributed by atoms with van der Waals surface area (Å²) in [6.07, 6.45) is -0.0750. The van der Waals surface area contributed by atoms with Gasteiger partial charge in [-0.1, -0.05) is 73.7 Å². The van der Waals surface area contributed by atoms with Crippen molar-refractivity contribution in [1.29, 1.82) is 0 Å². The van der Waals surface area contributed by atoms with Crippen molar-refractivity contribution in [2.45, 2.75) is 56.4 Å². The van der Waals surface area contributed by atoms with Crippen LogP contribution in [0, 0.1) is 5.92 Å². The van der Waals surface area contributed by atoms with Crippen LogP contribution in [0.3, 0.4) is 0 Å². The van der Waals surface area contributed by atoms with Gasteiger partial charge in [-0.05, 0) is 58.5 Å². The normalized spacial score (nSPS) is 21.6. The Morgan fingerprint density at radius 2 is 1.49 bits per heavy atom. The largest absolute Gasteiger partial charge is 0.493 e. The summed E-state index contributed by atoms with van der Waals surface area (Å²) in [6.45, 7) is 4.70. The standard InChI is InChI=1S/C37H42N2O7S/c1-25-35(23-39-18-17-30-19-33(43-2)34(44-3)20-31(30)22-39)45-37(46-36(25)28-13-11-27(24-40)12-14-28)29-15-9-26(10-16-29)21-38-47(41,42)32-7-5-4-6-8-32/h4-16,19-20,25,35-38,40H,17-18,21-24H2,1-3H3. The van der Waals surface area contributed by atoms with E-state index in [0.29, 0.717) is 0 Å². The third-order valence-electron chi connectivity index (χ3n) is 9.13. The van der Waals surface area contributed by atoms with Crippen LogP contribution in [0.25, 0.3) is 0 Å². The number of hydrogen-bond donors (Lipinski definition) is 2. The maximum absolute atomic E-state index is 12.7. The first-order valence-corrected chi connectivity index (χ1v) is 17.4. The first-order valence-electron chi connectivity index (χ1n) is 15.9. The van der Waals surface area contributed by atoms with Gasteiger partial charge in [0.15, 0.2) is 17.8 Å². The van der Waals surface area contributed by atoms with E-state index in [4.69, 9.17) is 18.9 Å². The second kappa shape index (κ2) is 14.6. The Hall–Kier alpha value is -3.77. The average Bonchev–Trinajstić information content (AvgIpc) is 3.11. The van der Waals surface area contributed by atoms with Crippen molar-refractivity contribution in [2.75, 3.05) is 27.3 Å². The maximum Gasteiger partial charge on any atom is 0.240 e. The Balaban J connectivity index is 1.20. The molecular formula is C37H42N2O7S. The van der Waals surface area contributed by atoms with Gasteiger partial charge in [-0.2, -0.15) is 0 Å². The van der Waals surface area contributed by atoms with Gasteiger partial charge >= 0.3 is 0 Å². The molecule has 0 amide bonds. The zero-order chi connectivity index (χ0) is 33.0. The average molecular weight is 659 g/mol. The molecule has 4 aromatic carbocycles. The number of aliphatic hydroxyl groups is 1. The molecular weight excluding hydrogens is 616 g/mol. The van der Waals surface area contributed by atoms with Crippen molar-refractivity contribution in [3.63, 3.8) is 0 Å². The van der Waals surface area contributed by atoms with Crippen LogP contribution in [0.5, 0.6) is 11.5 Å². The van der Waals surface area contributed by atoms with Gasteiger partial charge in [-0.15, -0.1) is 0 Å². The van der Waals surface area contributed by atoms with Crippen molar-refractivity contribution in [1.82, 2.24) is 9.62 Å². The lowest BCUT2D eigenvalue weighted by molar-refractivity contribution is -0.276. The van der Waals surface area contributed by atoms with E-state index in [-0.39, 0.29) is 36.2 Å². The molecule has 0 aliphatic carbocycles. The van der Waals surface area contributed by atoms with E-state index in [1.54, 1.807) is 44.6 Å². The third kappa shape index (κ3) is 7.54. The number of hydrogen-bond acceptors (Lipinski definition) is 8. The van der Waals surface area contributed by atoms with E-state index in [2.05, 4.69) is 28.7 Å². The lowest BCUT2D eigenvalue weighted by Gasteiger charge is -2.43. The Morgan fingerprint density at radius 1 is 0.851 bits per heavy atom. The summed E-state index contributed by atoms with van der Waals surface area (Å²) in [5, 5.41) is 9.59. The monoisotopic (exact) mass is 658 g/mol. The fourth-order valence-corrected chi connectivity index (χ4v) is 7.37. The molecule has 0 bridgehead atoms. The number of aliphatic hydroxyl groups excluding tert-OH is 1. The van der Waals surface area contributed by atoms with Gasteiger partial charge in [0.2, 0.25) is 10.0 Å². The van der Waals surface area contributed by atoms with E-state index < -0.39 is 16.3 Å². The van der Waals surface area contributed by atoms with Crippen LogP contribution in [-0.2, 0) is 45.6 Å². The Labute approximate surface area is 277 Å². The van der Waals surface area contributed by atoms with Crippen molar-refractivity contribution >= 4 is 10.0 Å². The quantitative estimate of drug-likeness (QED) is 0.217. The smallest absolute Gasteiger partial charge is 0.240 e. The summed E-state index contributed by atoms with van der Waals surface area (Å²) in [4.78, 5) is 2.65. The molecule has 9 nitrogen and oxygen atoms in total. The van der Waals surface area contributed by atoms with Crippen molar-refractivity contribution in [2.24, 2.45) is 5.92 Å². The van der Waals surface area contributed by atoms with Gasteiger partial charge in [0, 0.05) is 37.7 Å². The predicted molar refractivity (Wildman–Crippen MR) is 178 cm³/mol. The maximum atomic E-state index is 12.7. The minimum Gasteiger partial charge on any atom is -0.493 e. The molecule has 47 heavy (non-hydrogen) atoms. The number of methoxy groups -OCH3 is 2. The molecule has 2 aliphatic rings. The summed E-state index contributed by atoms with van der Waals surface area (Å²) < 4.78 is 52.5. The van der Waals surface area contributed by atoms with Gasteiger partial charge in [0.1, 0.15) is 0 Å². The van der Waals surface area contributed by atoms with Crippen molar-refractivity contribution < 1.29 is 32.5 Å². The molecule has 0 saturated carbocycles. The lowest BCUT2D eigenvalue weighted by Crippen LogP contribution is -2.45. The van der Waals surface area contributed by atoms with Crippen LogP contribution in [0.15, 0.2) is 95.9 Å². The fourth-order valence-electron chi connectivity index (χ4n) is 6.33. The molecule has 6 rings (SSSR count). The fraction of sp³-hybridized carbons (Fsp3) is 0.351. The van der Waals surface area contributed by atoms with Crippen LogP contribution in [0.2, 0.25) is 0 Å². The molecule has 4 aromatic rings. The summed E-state index contributed by atoms with van der Waals surface area (Å²) >= 11 is 0. The highest BCUT2D eigenvalue weighted by Gasteiger charge is 2.39. The van der Waals surface area contributed by atoms with Gasteiger partial charge in [-0.3, -0.25) is 4.90 Å². The Morgan fingerprint density at radius 3 is 2.15 bits per heavy atom. The molecule has 0 spiro atoms. The van der Waals surface area contributed by atoms with Crippen molar-refractivity contribution in [3.05, 3.63) is 124 Å². The number of ether oxygens (including phenoxy) is 4. The van der Waals surface area contributed by atoms with E-state index in [1.165, 1.54) is 11.1 Å². The van der Waals surface area contributed by atoms with Crippen LogP contribution in [0.4, 0.5) is 0 Å². The zero-order valence-corrected chi connectivity index (χ0v) is 27.8. The molecule has 10 heteroatoms. The third-order valence-corrected chi connectivity index (χ3v) is 10.5. The highest BCUT2D eigenvalue weighted by molar-refractivity contribution is 7.89. The minimum atomic E-state index is -3.62. The molecule has 2 N–H and O–H groups in total. The van der Waals surface area contributed by atoms with E-state index >= 15 is 0 Å². The first-order chi connectivity index (χ1) is 22.8. The Bertz CT molecular complexity index is 1750. The molecule has 0 aromatic heterocycles.